The zero-order valence-electron chi connectivity index (χ0n) is 10.7. The summed E-state index contributed by atoms with van der Waals surface area (Å²) in [6.45, 7) is 0. The van der Waals surface area contributed by atoms with Gasteiger partial charge in [0.25, 0.3) is 0 Å². The van der Waals surface area contributed by atoms with Crippen molar-refractivity contribution >= 4 is 5.97 Å². The number of rotatable bonds is 4. The van der Waals surface area contributed by atoms with E-state index in [2.05, 4.69) is 0 Å². The molecule has 18 heavy (non-hydrogen) atoms. The zero-order valence-corrected chi connectivity index (χ0v) is 10.7. The number of hydrogen-bond acceptors (Lipinski definition) is 3. The third-order valence-corrected chi connectivity index (χ3v) is 3.44. The first-order valence-corrected chi connectivity index (χ1v) is 6.75. The van der Waals surface area contributed by atoms with Crippen LogP contribution >= 0.6 is 0 Å². The van der Waals surface area contributed by atoms with Gasteiger partial charge in [0.2, 0.25) is 0 Å². The van der Waals surface area contributed by atoms with Crippen LogP contribution in [0.3, 0.4) is 0 Å². The third kappa shape index (κ3) is 3.84. The van der Waals surface area contributed by atoms with Crippen molar-refractivity contribution < 1.29 is 9.53 Å². The lowest BCUT2D eigenvalue weighted by Crippen LogP contribution is -2.37. The monoisotopic (exact) mass is 247 g/mol. The van der Waals surface area contributed by atoms with E-state index in [1.165, 1.54) is 6.42 Å². The van der Waals surface area contributed by atoms with E-state index in [9.17, 15) is 4.79 Å². The lowest BCUT2D eigenvalue weighted by molar-refractivity contribution is -0.152. The Hall–Kier alpha value is -1.35. The molecule has 1 atom stereocenters. The quantitative estimate of drug-likeness (QED) is 0.831. The molecule has 1 aromatic rings. The van der Waals surface area contributed by atoms with Crippen molar-refractivity contribution in [2.24, 2.45) is 5.73 Å². The van der Waals surface area contributed by atoms with Crippen molar-refractivity contribution in [3.05, 3.63) is 35.9 Å². The van der Waals surface area contributed by atoms with E-state index < -0.39 is 6.04 Å². The predicted molar refractivity (Wildman–Crippen MR) is 71.1 cm³/mol. The molecule has 0 amide bonds. The maximum atomic E-state index is 11.9. The second kappa shape index (κ2) is 6.55. The SMILES string of the molecule is NC(Cc1ccccc1)C(=O)OC1CCCCC1. The smallest absolute Gasteiger partial charge is 0.323 e. The van der Waals surface area contributed by atoms with Gasteiger partial charge < -0.3 is 10.5 Å². The van der Waals surface area contributed by atoms with Gasteiger partial charge in [-0.05, 0) is 37.7 Å². The fourth-order valence-corrected chi connectivity index (χ4v) is 2.39. The van der Waals surface area contributed by atoms with E-state index >= 15 is 0 Å². The molecule has 1 saturated carbocycles. The molecule has 0 aromatic heterocycles. The Labute approximate surface area is 108 Å². The molecule has 98 valence electrons. The zero-order chi connectivity index (χ0) is 12.8. The van der Waals surface area contributed by atoms with Crippen LogP contribution in [0.4, 0.5) is 0 Å². The molecule has 0 saturated heterocycles. The summed E-state index contributed by atoms with van der Waals surface area (Å²) in [5, 5.41) is 0. The van der Waals surface area contributed by atoms with Gasteiger partial charge in [-0.15, -0.1) is 0 Å². The molecule has 0 bridgehead atoms. The Morgan fingerprint density at radius 3 is 2.56 bits per heavy atom. The van der Waals surface area contributed by atoms with Crippen LogP contribution in [0.2, 0.25) is 0 Å². The van der Waals surface area contributed by atoms with Crippen LogP contribution in [-0.4, -0.2) is 18.1 Å². The van der Waals surface area contributed by atoms with Gasteiger partial charge in [-0.2, -0.15) is 0 Å². The van der Waals surface area contributed by atoms with Gasteiger partial charge in [0.05, 0.1) is 0 Å². The van der Waals surface area contributed by atoms with Gasteiger partial charge in [0.15, 0.2) is 0 Å². The van der Waals surface area contributed by atoms with Crippen molar-refractivity contribution in [2.75, 3.05) is 0 Å². The highest BCUT2D eigenvalue weighted by Crippen LogP contribution is 2.20. The number of ether oxygens (including phenoxy) is 1. The van der Waals surface area contributed by atoms with Crippen molar-refractivity contribution in [3.8, 4) is 0 Å². The average molecular weight is 247 g/mol. The predicted octanol–water partition coefficient (Wildman–Crippen LogP) is 2.43. The Bertz CT molecular complexity index is 371. The van der Waals surface area contributed by atoms with Crippen molar-refractivity contribution in [1.82, 2.24) is 0 Å². The van der Waals surface area contributed by atoms with Crippen LogP contribution in [0, 0.1) is 0 Å². The minimum absolute atomic E-state index is 0.0908. The molecule has 0 heterocycles. The average Bonchev–Trinajstić information content (AvgIpc) is 2.41. The first-order valence-electron chi connectivity index (χ1n) is 6.75. The highest BCUT2D eigenvalue weighted by molar-refractivity contribution is 5.76. The second-order valence-corrected chi connectivity index (χ2v) is 4.99. The summed E-state index contributed by atoms with van der Waals surface area (Å²) in [5.74, 6) is -0.259. The maximum absolute atomic E-state index is 11.9. The molecule has 0 aliphatic heterocycles. The van der Waals surface area contributed by atoms with E-state index in [0.29, 0.717) is 6.42 Å². The first-order chi connectivity index (χ1) is 8.75. The summed E-state index contributed by atoms with van der Waals surface area (Å²) in [4.78, 5) is 11.9. The minimum Gasteiger partial charge on any atom is -0.461 e. The number of hydrogen-bond donors (Lipinski definition) is 1. The van der Waals surface area contributed by atoms with E-state index in [4.69, 9.17) is 10.5 Å². The minimum atomic E-state index is -0.547. The number of nitrogens with two attached hydrogens (primary N) is 1. The normalized spacial score (nSPS) is 18.3. The summed E-state index contributed by atoms with van der Waals surface area (Å²) < 4.78 is 5.46. The molecule has 0 radical (unpaired) electrons. The van der Waals surface area contributed by atoms with E-state index in [1.54, 1.807) is 0 Å². The van der Waals surface area contributed by atoms with Crippen LogP contribution in [-0.2, 0) is 16.0 Å². The van der Waals surface area contributed by atoms with Crippen LogP contribution in [0.25, 0.3) is 0 Å². The summed E-state index contributed by atoms with van der Waals surface area (Å²) in [6.07, 6.45) is 6.19. The summed E-state index contributed by atoms with van der Waals surface area (Å²) in [7, 11) is 0. The van der Waals surface area contributed by atoms with E-state index in [0.717, 1.165) is 31.2 Å². The molecule has 1 aliphatic rings. The molecular formula is C15H21NO2. The summed E-state index contributed by atoms with van der Waals surface area (Å²) >= 11 is 0. The standard InChI is InChI=1S/C15H21NO2/c16-14(11-12-7-3-1-4-8-12)15(17)18-13-9-5-2-6-10-13/h1,3-4,7-8,13-14H,2,5-6,9-11,16H2. The Morgan fingerprint density at radius 2 is 1.89 bits per heavy atom. The molecule has 1 aliphatic carbocycles. The number of benzene rings is 1. The lowest BCUT2D eigenvalue weighted by atomic mass is 9.97. The lowest BCUT2D eigenvalue weighted by Gasteiger charge is -2.23. The van der Waals surface area contributed by atoms with E-state index in [-0.39, 0.29) is 12.1 Å². The molecular weight excluding hydrogens is 226 g/mol. The highest BCUT2D eigenvalue weighted by atomic mass is 16.5. The van der Waals surface area contributed by atoms with Crippen molar-refractivity contribution in [2.45, 2.75) is 50.7 Å². The molecule has 1 aromatic carbocycles. The number of carbonyl (C=O) groups is 1. The Kier molecular flexibility index (Phi) is 4.76. The van der Waals surface area contributed by atoms with Crippen LogP contribution < -0.4 is 5.73 Å². The molecule has 0 spiro atoms. The Balaban J connectivity index is 1.81. The van der Waals surface area contributed by atoms with Gasteiger partial charge in [0.1, 0.15) is 12.1 Å². The van der Waals surface area contributed by atoms with Gasteiger partial charge in [-0.3, -0.25) is 4.79 Å². The van der Waals surface area contributed by atoms with Crippen LogP contribution in [0.5, 0.6) is 0 Å². The molecule has 3 nitrogen and oxygen atoms in total. The molecule has 1 fully saturated rings. The summed E-state index contributed by atoms with van der Waals surface area (Å²) in [6, 6.07) is 9.27. The molecule has 3 heteroatoms. The fourth-order valence-electron chi connectivity index (χ4n) is 2.39. The van der Waals surface area contributed by atoms with Crippen molar-refractivity contribution in [3.63, 3.8) is 0 Å². The molecule has 2 rings (SSSR count). The maximum Gasteiger partial charge on any atom is 0.323 e. The van der Waals surface area contributed by atoms with Crippen LogP contribution in [0.1, 0.15) is 37.7 Å². The largest absolute Gasteiger partial charge is 0.461 e. The number of carbonyl (C=O) groups excluding carboxylic acids is 1. The summed E-state index contributed by atoms with van der Waals surface area (Å²) in [5.41, 5.74) is 6.97. The fraction of sp³-hybridized carbons (Fsp3) is 0.533. The second-order valence-electron chi connectivity index (χ2n) is 4.99. The van der Waals surface area contributed by atoms with Crippen molar-refractivity contribution in [1.29, 1.82) is 0 Å². The van der Waals surface area contributed by atoms with Gasteiger partial charge in [-0.1, -0.05) is 36.8 Å². The van der Waals surface area contributed by atoms with Gasteiger partial charge >= 0.3 is 5.97 Å². The van der Waals surface area contributed by atoms with E-state index in [1.807, 2.05) is 30.3 Å². The number of esters is 1. The van der Waals surface area contributed by atoms with Crippen LogP contribution in [0.15, 0.2) is 30.3 Å². The first kappa shape index (κ1) is 13.1. The topological polar surface area (TPSA) is 52.3 Å². The van der Waals surface area contributed by atoms with Gasteiger partial charge in [0, 0.05) is 0 Å². The molecule has 1 unspecified atom stereocenters. The third-order valence-electron chi connectivity index (χ3n) is 3.44. The molecule has 2 N–H and O–H groups in total. The van der Waals surface area contributed by atoms with Gasteiger partial charge in [-0.25, -0.2) is 0 Å². The highest BCUT2D eigenvalue weighted by Gasteiger charge is 2.22. The Morgan fingerprint density at radius 1 is 1.22 bits per heavy atom.